The van der Waals surface area contributed by atoms with E-state index in [1.165, 1.54) is 0 Å². The van der Waals surface area contributed by atoms with Gasteiger partial charge in [0.2, 0.25) is 0 Å². The Morgan fingerprint density at radius 3 is 2.55 bits per heavy atom. The fraction of sp³-hybridized carbons (Fsp3) is 0.300. The Balaban J connectivity index is 1.20. The van der Waals surface area contributed by atoms with E-state index in [4.69, 9.17) is 24.0 Å². The molecule has 5 rings (SSSR count). The lowest BCUT2D eigenvalue weighted by molar-refractivity contribution is -0.188. The van der Waals surface area contributed by atoms with E-state index in [9.17, 15) is 0 Å². The van der Waals surface area contributed by atoms with E-state index in [0.29, 0.717) is 18.1 Å². The highest BCUT2D eigenvalue weighted by Crippen LogP contribution is 2.25. The SMILES string of the molecule is C[C@H](OC1CCCCO1)c1nccn1Cc1cc(-c2ccc(C#Cc3ccc(OCC#N)cc3)cc2)on1. The van der Waals surface area contributed by atoms with E-state index in [1.807, 2.05) is 66.2 Å². The predicted octanol–water partition coefficient (Wildman–Crippen LogP) is 5.49. The van der Waals surface area contributed by atoms with Gasteiger partial charge in [0, 0.05) is 41.8 Å². The summed E-state index contributed by atoms with van der Waals surface area (Å²) in [6, 6.07) is 19.1. The minimum absolute atomic E-state index is 0.0268. The Kier molecular flexibility index (Phi) is 8.15. The molecule has 2 aromatic heterocycles. The van der Waals surface area contributed by atoms with Gasteiger partial charge in [0.1, 0.15) is 29.4 Å². The molecule has 1 fully saturated rings. The fourth-order valence-corrected chi connectivity index (χ4v) is 4.23. The van der Waals surface area contributed by atoms with Crippen LogP contribution in [0.3, 0.4) is 0 Å². The van der Waals surface area contributed by atoms with Crippen molar-refractivity contribution in [2.45, 2.75) is 45.1 Å². The van der Waals surface area contributed by atoms with Crippen LogP contribution in [-0.4, -0.2) is 34.2 Å². The molecule has 0 spiro atoms. The van der Waals surface area contributed by atoms with Gasteiger partial charge in [0.15, 0.2) is 18.7 Å². The summed E-state index contributed by atoms with van der Waals surface area (Å²) in [7, 11) is 0. The topological polar surface area (TPSA) is 95.3 Å². The minimum Gasteiger partial charge on any atom is -0.479 e. The van der Waals surface area contributed by atoms with Gasteiger partial charge in [-0.05, 0) is 74.7 Å². The number of benzene rings is 2. The van der Waals surface area contributed by atoms with E-state index in [-0.39, 0.29) is 19.0 Å². The molecule has 0 aliphatic carbocycles. The van der Waals surface area contributed by atoms with Crippen molar-refractivity contribution in [1.29, 1.82) is 5.26 Å². The first-order chi connectivity index (χ1) is 18.7. The molecule has 0 bridgehead atoms. The summed E-state index contributed by atoms with van der Waals surface area (Å²) in [6.45, 7) is 3.30. The van der Waals surface area contributed by atoms with Crippen molar-refractivity contribution >= 4 is 0 Å². The van der Waals surface area contributed by atoms with Gasteiger partial charge in [0.05, 0.1) is 6.54 Å². The molecular formula is C30H28N4O4. The van der Waals surface area contributed by atoms with E-state index < -0.39 is 0 Å². The van der Waals surface area contributed by atoms with Gasteiger partial charge < -0.3 is 23.3 Å². The zero-order valence-corrected chi connectivity index (χ0v) is 21.2. The summed E-state index contributed by atoms with van der Waals surface area (Å²) in [5.41, 5.74) is 3.47. The van der Waals surface area contributed by atoms with Crippen molar-refractivity contribution in [3.05, 3.63) is 89.6 Å². The van der Waals surface area contributed by atoms with E-state index >= 15 is 0 Å². The monoisotopic (exact) mass is 508 g/mol. The lowest BCUT2D eigenvalue weighted by atomic mass is 10.1. The third kappa shape index (κ3) is 6.49. The predicted molar refractivity (Wildman–Crippen MR) is 140 cm³/mol. The average molecular weight is 509 g/mol. The normalized spacial score (nSPS) is 15.7. The number of hydrogen-bond acceptors (Lipinski definition) is 7. The molecule has 1 unspecified atom stereocenters. The molecule has 1 aliphatic rings. The molecule has 1 saturated heterocycles. The zero-order valence-electron chi connectivity index (χ0n) is 21.2. The van der Waals surface area contributed by atoms with E-state index in [1.54, 1.807) is 18.3 Å². The highest BCUT2D eigenvalue weighted by molar-refractivity contribution is 5.59. The standard InChI is InChI=1S/C30H28N4O4/c1-22(37-29-4-2-3-18-36-29)30-32-16-17-34(30)21-26-20-28(38-33-26)25-11-7-23(8-12-25)5-6-24-9-13-27(14-10-24)35-19-15-31/h7-14,16-17,20,22,29H,2-4,18-19,21H2,1H3/t22-,29?/m0/s1. The number of nitriles is 1. The Hall–Kier alpha value is -4.37. The van der Waals surface area contributed by atoms with Crippen LogP contribution in [0, 0.1) is 23.2 Å². The molecular weight excluding hydrogens is 480 g/mol. The smallest absolute Gasteiger partial charge is 0.174 e. The first-order valence-corrected chi connectivity index (χ1v) is 12.6. The molecule has 0 radical (unpaired) electrons. The Morgan fingerprint density at radius 2 is 1.84 bits per heavy atom. The highest BCUT2D eigenvalue weighted by Gasteiger charge is 2.21. The molecule has 38 heavy (non-hydrogen) atoms. The molecule has 4 aromatic rings. The number of aromatic nitrogens is 3. The molecule has 2 aromatic carbocycles. The molecule has 8 heteroatoms. The Morgan fingerprint density at radius 1 is 1.08 bits per heavy atom. The molecule has 0 amide bonds. The summed E-state index contributed by atoms with van der Waals surface area (Å²) in [4.78, 5) is 4.50. The van der Waals surface area contributed by atoms with Gasteiger partial charge in [0.25, 0.3) is 0 Å². The second-order valence-electron chi connectivity index (χ2n) is 8.97. The van der Waals surface area contributed by atoms with Gasteiger partial charge in [-0.15, -0.1) is 0 Å². The van der Waals surface area contributed by atoms with Crippen LogP contribution in [0.4, 0.5) is 0 Å². The minimum atomic E-state index is -0.192. The summed E-state index contributed by atoms with van der Waals surface area (Å²) in [5.74, 6) is 8.47. The van der Waals surface area contributed by atoms with Gasteiger partial charge >= 0.3 is 0 Å². The fourth-order valence-electron chi connectivity index (χ4n) is 4.23. The number of nitrogens with zero attached hydrogens (tertiary/aromatic N) is 4. The summed E-state index contributed by atoms with van der Waals surface area (Å²) < 4.78 is 24.7. The van der Waals surface area contributed by atoms with Crippen LogP contribution in [0.1, 0.15) is 54.9 Å². The molecule has 0 N–H and O–H groups in total. The third-order valence-corrected chi connectivity index (χ3v) is 6.17. The Bertz CT molecular complexity index is 1430. The zero-order chi connectivity index (χ0) is 26.2. The molecule has 192 valence electrons. The number of imidazole rings is 1. The maximum absolute atomic E-state index is 8.59. The van der Waals surface area contributed by atoms with Gasteiger partial charge in [-0.25, -0.2) is 4.98 Å². The van der Waals surface area contributed by atoms with Crippen molar-refractivity contribution in [2.24, 2.45) is 0 Å². The molecule has 0 saturated carbocycles. The number of ether oxygens (including phenoxy) is 3. The number of hydrogen-bond donors (Lipinski definition) is 0. The molecule has 1 aliphatic heterocycles. The maximum atomic E-state index is 8.59. The van der Waals surface area contributed by atoms with E-state index in [2.05, 4.69) is 22.0 Å². The number of rotatable bonds is 8. The van der Waals surface area contributed by atoms with Crippen LogP contribution < -0.4 is 4.74 Å². The van der Waals surface area contributed by atoms with Crippen molar-refractivity contribution in [3.8, 4) is 35.0 Å². The van der Waals surface area contributed by atoms with Crippen molar-refractivity contribution in [1.82, 2.24) is 14.7 Å². The second-order valence-corrected chi connectivity index (χ2v) is 8.97. The second kappa shape index (κ2) is 12.2. The van der Waals surface area contributed by atoms with Crippen LogP contribution >= 0.6 is 0 Å². The molecule has 2 atom stereocenters. The quantitative estimate of drug-likeness (QED) is 0.290. The van der Waals surface area contributed by atoms with Gasteiger partial charge in [-0.2, -0.15) is 5.26 Å². The summed E-state index contributed by atoms with van der Waals surface area (Å²) >= 11 is 0. The van der Waals surface area contributed by atoms with Crippen LogP contribution in [-0.2, 0) is 16.0 Å². The first-order valence-electron chi connectivity index (χ1n) is 12.6. The average Bonchev–Trinajstić information content (AvgIpc) is 3.62. The third-order valence-electron chi connectivity index (χ3n) is 6.17. The largest absolute Gasteiger partial charge is 0.479 e. The van der Waals surface area contributed by atoms with E-state index in [0.717, 1.165) is 54.1 Å². The molecule has 8 nitrogen and oxygen atoms in total. The Labute approximate surface area is 221 Å². The van der Waals surface area contributed by atoms with Crippen molar-refractivity contribution < 1.29 is 18.7 Å². The highest BCUT2D eigenvalue weighted by atomic mass is 16.7. The van der Waals surface area contributed by atoms with Crippen molar-refractivity contribution in [3.63, 3.8) is 0 Å². The van der Waals surface area contributed by atoms with Crippen molar-refractivity contribution in [2.75, 3.05) is 13.2 Å². The summed E-state index contributed by atoms with van der Waals surface area (Å²) in [6.07, 6.45) is 6.45. The lowest BCUT2D eigenvalue weighted by Crippen LogP contribution is -2.24. The molecule has 3 heterocycles. The maximum Gasteiger partial charge on any atom is 0.174 e. The van der Waals surface area contributed by atoms with Gasteiger partial charge in [-0.1, -0.05) is 17.0 Å². The summed E-state index contributed by atoms with van der Waals surface area (Å²) in [5, 5.41) is 12.9. The first kappa shape index (κ1) is 25.3. The van der Waals surface area contributed by atoms with Crippen LogP contribution in [0.25, 0.3) is 11.3 Å². The van der Waals surface area contributed by atoms with Crippen LogP contribution in [0.2, 0.25) is 0 Å². The lowest BCUT2D eigenvalue weighted by Gasteiger charge is -2.26. The van der Waals surface area contributed by atoms with Crippen LogP contribution in [0.5, 0.6) is 5.75 Å². The van der Waals surface area contributed by atoms with Gasteiger partial charge in [-0.3, -0.25) is 0 Å². The van der Waals surface area contributed by atoms with Crippen LogP contribution in [0.15, 0.2) is 71.5 Å².